The summed E-state index contributed by atoms with van der Waals surface area (Å²) in [5, 5.41) is 6.11. The quantitative estimate of drug-likeness (QED) is 0.846. The van der Waals surface area contributed by atoms with Crippen molar-refractivity contribution in [3.8, 4) is 0 Å². The number of hydrogen-bond donors (Lipinski definition) is 1. The van der Waals surface area contributed by atoms with Crippen molar-refractivity contribution in [1.29, 1.82) is 0 Å². The van der Waals surface area contributed by atoms with Crippen LogP contribution in [0.4, 0.5) is 13.2 Å². The highest BCUT2D eigenvalue weighted by Crippen LogP contribution is 2.27. The van der Waals surface area contributed by atoms with E-state index >= 15 is 0 Å². The number of aromatic nitrogens is 2. The van der Waals surface area contributed by atoms with Gasteiger partial charge in [-0.05, 0) is 31.8 Å². The summed E-state index contributed by atoms with van der Waals surface area (Å²) in [5.41, 5.74) is 0. The normalized spacial score (nSPS) is 18.9. The lowest BCUT2D eigenvalue weighted by Crippen LogP contribution is -2.28. The monoisotopic (exact) mass is 235 g/mol. The Hall–Kier alpha value is -1.11. The molecule has 1 aromatic heterocycles. The maximum Gasteiger partial charge on any atom is 0.455 e. The first-order valence-corrected chi connectivity index (χ1v) is 5.16. The average Bonchev–Trinajstić information content (AvgIpc) is 2.67. The van der Waals surface area contributed by atoms with Gasteiger partial charge in [0.05, 0.1) is 0 Å². The average molecular weight is 235 g/mol. The number of piperidine rings is 1. The Morgan fingerprint density at radius 2 is 2.00 bits per heavy atom. The van der Waals surface area contributed by atoms with E-state index in [1.807, 2.05) is 0 Å². The van der Waals surface area contributed by atoms with Crippen molar-refractivity contribution in [2.24, 2.45) is 5.92 Å². The van der Waals surface area contributed by atoms with E-state index in [2.05, 4.69) is 20.0 Å². The van der Waals surface area contributed by atoms with Gasteiger partial charge in [0.1, 0.15) is 0 Å². The molecule has 1 N–H and O–H groups in total. The lowest BCUT2D eigenvalue weighted by molar-refractivity contribution is -0.146. The third kappa shape index (κ3) is 2.72. The minimum absolute atomic E-state index is 0.0826. The zero-order valence-corrected chi connectivity index (χ0v) is 8.55. The van der Waals surface area contributed by atoms with Crippen molar-refractivity contribution >= 4 is 0 Å². The number of alkyl halides is 3. The van der Waals surface area contributed by atoms with Crippen LogP contribution < -0.4 is 5.32 Å². The van der Waals surface area contributed by atoms with E-state index in [0.717, 1.165) is 25.9 Å². The maximum absolute atomic E-state index is 12.2. The fourth-order valence-electron chi connectivity index (χ4n) is 1.79. The standard InChI is InChI=1S/C9H12F3N3O/c10-9(11,12)8-14-7(16-15-8)5-6-1-3-13-4-2-6/h6,13H,1-5H2. The van der Waals surface area contributed by atoms with Crippen LogP contribution in [-0.2, 0) is 12.6 Å². The fourth-order valence-corrected chi connectivity index (χ4v) is 1.79. The number of nitrogens with zero attached hydrogens (tertiary/aromatic N) is 2. The molecule has 0 bridgehead atoms. The van der Waals surface area contributed by atoms with Gasteiger partial charge in [-0.3, -0.25) is 0 Å². The topological polar surface area (TPSA) is 51.0 Å². The lowest BCUT2D eigenvalue weighted by atomic mass is 9.95. The van der Waals surface area contributed by atoms with Gasteiger partial charge in [0.25, 0.3) is 5.82 Å². The molecule has 1 fully saturated rings. The molecule has 90 valence electrons. The van der Waals surface area contributed by atoms with Crippen molar-refractivity contribution in [2.45, 2.75) is 25.4 Å². The molecular formula is C9H12F3N3O. The summed E-state index contributed by atoms with van der Waals surface area (Å²) in [5.74, 6) is -0.765. The Morgan fingerprint density at radius 1 is 1.31 bits per heavy atom. The third-order valence-electron chi connectivity index (χ3n) is 2.64. The van der Waals surface area contributed by atoms with Crippen LogP contribution >= 0.6 is 0 Å². The SMILES string of the molecule is FC(F)(F)c1noc(CC2CCNCC2)n1. The highest BCUT2D eigenvalue weighted by Gasteiger charge is 2.37. The molecule has 7 heteroatoms. The van der Waals surface area contributed by atoms with Gasteiger partial charge in [0, 0.05) is 6.42 Å². The van der Waals surface area contributed by atoms with Crippen LogP contribution in [0.25, 0.3) is 0 Å². The second-order valence-corrected chi connectivity index (χ2v) is 3.91. The molecule has 2 heterocycles. The van der Waals surface area contributed by atoms with Gasteiger partial charge in [-0.15, -0.1) is 0 Å². The van der Waals surface area contributed by atoms with E-state index in [0.29, 0.717) is 12.3 Å². The molecule has 0 atom stereocenters. The van der Waals surface area contributed by atoms with Gasteiger partial charge in [-0.2, -0.15) is 18.2 Å². The molecule has 1 aliphatic rings. The second kappa shape index (κ2) is 4.40. The summed E-state index contributed by atoms with van der Waals surface area (Å²) in [6, 6.07) is 0. The summed E-state index contributed by atoms with van der Waals surface area (Å²) in [6.07, 6.45) is -2.21. The molecule has 0 unspecified atom stereocenters. The Balaban J connectivity index is 1.97. The summed E-state index contributed by atoms with van der Waals surface area (Å²) in [7, 11) is 0. The zero-order valence-electron chi connectivity index (χ0n) is 8.55. The van der Waals surface area contributed by atoms with Crippen LogP contribution in [0.5, 0.6) is 0 Å². The van der Waals surface area contributed by atoms with Gasteiger partial charge >= 0.3 is 6.18 Å². The lowest BCUT2D eigenvalue weighted by Gasteiger charge is -2.20. The third-order valence-corrected chi connectivity index (χ3v) is 2.64. The molecule has 0 aliphatic carbocycles. The number of nitrogens with one attached hydrogen (secondary N) is 1. The molecule has 1 saturated heterocycles. The molecule has 4 nitrogen and oxygen atoms in total. The first-order valence-electron chi connectivity index (χ1n) is 5.16. The van der Waals surface area contributed by atoms with Crippen LogP contribution in [0.2, 0.25) is 0 Å². The molecule has 0 radical (unpaired) electrons. The predicted molar refractivity (Wildman–Crippen MR) is 48.6 cm³/mol. The van der Waals surface area contributed by atoms with E-state index in [9.17, 15) is 13.2 Å². The van der Waals surface area contributed by atoms with Gasteiger partial charge < -0.3 is 9.84 Å². The van der Waals surface area contributed by atoms with Crippen molar-refractivity contribution < 1.29 is 17.7 Å². The minimum atomic E-state index is -4.52. The van der Waals surface area contributed by atoms with E-state index < -0.39 is 12.0 Å². The number of rotatable bonds is 2. The van der Waals surface area contributed by atoms with Crippen molar-refractivity contribution in [3.63, 3.8) is 0 Å². The van der Waals surface area contributed by atoms with Crippen molar-refractivity contribution in [1.82, 2.24) is 15.5 Å². The van der Waals surface area contributed by atoms with Crippen molar-refractivity contribution in [3.05, 3.63) is 11.7 Å². The molecule has 0 saturated carbocycles. The Labute approximate surface area is 90.2 Å². The summed E-state index contributed by atoms with van der Waals surface area (Å²) >= 11 is 0. The Bertz CT molecular complexity index is 344. The number of hydrogen-bond acceptors (Lipinski definition) is 4. The number of halogens is 3. The van der Waals surface area contributed by atoms with Gasteiger partial charge in [0.15, 0.2) is 0 Å². The van der Waals surface area contributed by atoms with Gasteiger partial charge in [-0.25, -0.2) is 0 Å². The van der Waals surface area contributed by atoms with E-state index in [1.165, 1.54) is 0 Å². The second-order valence-electron chi connectivity index (χ2n) is 3.91. The first-order chi connectivity index (χ1) is 7.55. The molecular weight excluding hydrogens is 223 g/mol. The smallest absolute Gasteiger partial charge is 0.339 e. The van der Waals surface area contributed by atoms with E-state index in [-0.39, 0.29) is 5.89 Å². The van der Waals surface area contributed by atoms with E-state index in [4.69, 9.17) is 0 Å². The molecule has 16 heavy (non-hydrogen) atoms. The van der Waals surface area contributed by atoms with E-state index in [1.54, 1.807) is 0 Å². The molecule has 1 aliphatic heterocycles. The van der Waals surface area contributed by atoms with Gasteiger partial charge in [0.2, 0.25) is 5.89 Å². The van der Waals surface area contributed by atoms with Crippen LogP contribution in [-0.4, -0.2) is 23.2 Å². The zero-order chi connectivity index (χ0) is 11.6. The summed E-state index contributed by atoms with van der Waals surface area (Å²) in [6.45, 7) is 1.79. The largest absolute Gasteiger partial charge is 0.455 e. The van der Waals surface area contributed by atoms with Crippen molar-refractivity contribution in [2.75, 3.05) is 13.1 Å². The van der Waals surface area contributed by atoms with Crippen LogP contribution in [0.3, 0.4) is 0 Å². The fraction of sp³-hybridized carbons (Fsp3) is 0.778. The molecule has 2 rings (SSSR count). The Kier molecular flexibility index (Phi) is 3.13. The highest BCUT2D eigenvalue weighted by molar-refractivity contribution is 4.92. The van der Waals surface area contributed by atoms with Crippen LogP contribution in [0, 0.1) is 5.92 Å². The molecule has 1 aromatic rings. The van der Waals surface area contributed by atoms with Crippen LogP contribution in [0.1, 0.15) is 24.6 Å². The summed E-state index contributed by atoms with van der Waals surface area (Å²) in [4.78, 5) is 3.35. The highest BCUT2D eigenvalue weighted by atomic mass is 19.4. The molecule has 0 spiro atoms. The maximum atomic E-state index is 12.2. The summed E-state index contributed by atoms with van der Waals surface area (Å²) < 4.78 is 41.1. The molecule has 0 aromatic carbocycles. The van der Waals surface area contributed by atoms with Gasteiger partial charge in [-0.1, -0.05) is 5.16 Å². The minimum Gasteiger partial charge on any atom is -0.339 e. The Morgan fingerprint density at radius 3 is 2.56 bits per heavy atom. The first kappa shape index (κ1) is 11.4. The predicted octanol–water partition coefficient (Wildman–Crippen LogP) is 1.63. The van der Waals surface area contributed by atoms with Crippen LogP contribution in [0.15, 0.2) is 4.52 Å². The molecule has 0 amide bonds.